The fourth-order valence-electron chi connectivity index (χ4n) is 3.05. The van der Waals surface area contributed by atoms with Gasteiger partial charge in [0.05, 0.1) is 0 Å². The number of aryl methyl sites for hydroxylation is 1. The van der Waals surface area contributed by atoms with E-state index in [2.05, 4.69) is 31.2 Å². The molecule has 0 N–H and O–H groups in total. The van der Waals surface area contributed by atoms with Gasteiger partial charge in [0.15, 0.2) is 0 Å². The first-order valence-corrected chi connectivity index (χ1v) is 8.86. The Balaban J connectivity index is 1.81. The summed E-state index contributed by atoms with van der Waals surface area (Å²) in [4.78, 5) is 0. The van der Waals surface area contributed by atoms with E-state index in [1.165, 1.54) is 5.56 Å². The van der Waals surface area contributed by atoms with Crippen molar-refractivity contribution in [3.8, 4) is 5.69 Å². The second-order valence-electron chi connectivity index (χ2n) is 6.52. The Morgan fingerprint density at radius 1 is 0.654 bits per heavy atom. The Morgan fingerprint density at radius 2 is 1.12 bits per heavy atom. The fraction of sp³-hybridized carbons (Fsp3) is 0.120. The van der Waals surface area contributed by atoms with Crippen molar-refractivity contribution >= 4 is 0 Å². The predicted molar refractivity (Wildman–Crippen MR) is 109 cm³/mol. The van der Waals surface area contributed by atoms with Crippen molar-refractivity contribution in [2.24, 2.45) is 0 Å². The van der Waals surface area contributed by atoms with Crippen LogP contribution < -0.4 is 0 Å². The zero-order valence-electron chi connectivity index (χ0n) is 16.8. The molecule has 0 aliphatic heterocycles. The first-order chi connectivity index (χ1) is 13.6. The van der Waals surface area contributed by atoms with Crippen molar-refractivity contribution in [3.05, 3.63) is 125 Å². The molecule has 0 spiro atoms. The fourth-order valence-corrected chi connectivity index (χ4v) is 3.05. The van der Waals surface area contributed by atoms with Crippen LogP contribution >= 0.6 is 0 Å². The van der Waals surface area contributed by atoms with Gasteiger partial charge >= 0.3 is 0 Å². The minimum Gasteiger partial charge on any atom is -0.323 e. The van der Waals surface area contributed by atoms with Gasteiger partial charge < -0.3 is 4.57 Å². The lowest BCUT2D eigenvalue weighted by molar-refractivity contribution is 1.06. The summed E-state index contributed by atoms with van der Waals surface area (Å²) in [6.45, 7) is 2.07. The van der Waals surface area contributed by atoms with Crippen molar-refractivity contribution in [3.63, 3.8) is 0 Å². The Bertz CT molecular complexity index is 974. The van der Waals surface area contributed by atoms with Gasteiger partial charge in [0.25, 0.3) is 0 Å². The van der Waals surface area contributed by atoms with Crippen LogP contribution in [0, 0.1) is 6.92 Å². The number of nitrogens with zero attached hydrogens (tertiary/aromatic N) is 1. The average molecular weight is 339 g/mol. The van der Waals surface area contributed by atoms with Crippen LogP contribution in [0.4, 0.5) is 0 Å². The Morgan fingerprint density at radius 3 is 1.58 bits per heavy atom. The molecular weight excluding hydrogens is 314 g/mol. The first kappa shape index (κ1) is 14.1. The van der Waals surface area contributed by atoms with Crippen molar-refractivity contribution < 1.29 is 2.74 Å². The van der Waals surface area contributed by atoms with E-state index in [0.29, 0.717) is 0 Å². The Kier molecular flexibility index (Phi) is 4.05. The monoisotopic (exact) mass is 339 g/mol. The van der Waals surface area contributed by atoms with Crippen molar-refractivity contribution in [2.75, 3.05) is 0 Å². The van der Waals surface area contributed by atoms with Gasteiger partial charge in [-0.05, 0) is 54.1 Å². The van der Waals surface area contributed by atoms with Gasteiger partial charge in [-0.25, -0.2) is 0 Å². The van der Waals surface area contributed by atoms with Gasteiger partial charge in [-0.1, -0.05) is 78.4 Å². The van der Waals surface area contributed by atoms with Crippen LogP contribution in [-0.2, 0) is 12.8 Å². The first-order valence-electron chi connectivity index (χ1n) is 10.0. The molecule has 128 valence electrons. The molecule has 2 unspecified atom stereocenters. The van der Waals surface area contributed by atoms with E-state index in [9.17, 15) is 0 Å². The summed E-state index contributed by atoms with van der Waals surface area (Å²) < 4.78 is 19.8. The topological polar surface area (TPSA) is 4.93 Å². The summed E-state index contributed by atoms with van der Waals surface area (Å²) in [5, 5.41) is 0. The smallest absolute Gasteiger partial charge is 0.0449 e. The highest BCUT2D eigenvalue weighted by atomic mass is 14.9. The Labute approximate surface area is 158 Å². The van der Waals surface area contributed by atoms with E-state index in [1.54, 1.807) is 0 Å². The molecule has 1 heteroatoms. The summed E-state index contributed by atoms with van der Waals surface area (Å²) in [7, 11) is 0. The molecule has 3 aromatic carbocycles. The third-order valence-corrected chi connectivity index (χ3v) is 4.47. The standard InChI is InChI=1S/C25H23N/c1-20-12-14-25(15-13-20)26-18-23(16-21-8-4-2-5-9-21)24(19-26)17-22-10-6-3-7-11-22/h2-15,18-19H,16-17H2,1H3/i16D,17D. The molecule has 1 aromatic heterocycles. The van der Waals surface area contributed by atoms with Gasteiger partial charge in [0.1, 0.15) is 0 Å². The second-order valence-corrected chi connectivity index (χ2v) is 6.52. The average Bonchev–Trinajstić information content (AvgIpc) is 3.20. The minimum atomic E-state index is -0.528. The molecule has 0 saturated heterocycles. The van der Waals surface area contributed by atoms with Gasteiger partial charge in [-0.2, -0.15) is 0 Å². The molecule has 0 fully saturated rings. The van der Waals surface area contributed by atoms with E-state index in [1.807, 2.05) is 77.6 Å². The van der Waals surface area contributed by atoms with Crippen molar-refractivity contribution in [1.82, 2.24) is 4.57 Å². The van der Waals surface area contributed by atoms with Gasteiger partial charge in [0.2, 0.25) is 0 Å². The lowest BCUT2D eigenvalue weighted by Crippen LogP contribution is -1.93. The summed E-state index contributed by atoms with van der Waals surface area (Å²) in [6.07, 6.45) is 2.96. The maximum atomic E-state index is 8.86. The number of hydrogen-bond donors (Lipinski definition) is 0. The molecule has 2 atom stereocenters. The predicted octanol–water partition coefficient (Wildman–Crippen LogP) is 5.97. The summed E-state index contributed by atoms with van der Waals surface area (Å²) in [6, 6.07) is 28.0. The lowest BCUT2D eigenvalue weighted by atomic mass is 9.99. The normalized spacial score (nSPS) is 14.3. The van der Waals surface area contributed by atoms with Gasteiger partial charge in [-0.15, -0.1) is 0 Å². The van der Waals surface area contributed by atoms with Crippen LogP contribution in [0.25, 0.3) is 5.69 Å². The number of aromatic nitrogens is 1. The zero-order chi connectivity index (χ0) is 19.5. The highest BCUT2D eigenvalue weighted by molar-refractivity contribution is 5.42. The summed E-state index contributed by atoms with van der Waals surface area (Å²) in [5.74, 6) is 0. The number of hydrogen-bond acceptors (Lipinski definition) is 0. The molecule has 0 amide bonds. The zero-order valence-corrected chi connectivity index (χ0v) is 14.8. The number of rotatable bonds is 5. The molecule has 1 nitrogen and oxygen atoms in total. The molecule has 0 radical (unpaired) electrons. The van der Waals surface area contributed by atoms with E-state index in [-0.39, 0.29) is 0 Å². The van der Waals surface area contributed by atoms with E-state index < -0.39 is 12.8 Å². The summed E-state index contributed by atoms with van der Waals surface area (Å²) >= 11 is 0. The summed E-state index contributed by atoms with van der Waals surface area (Å²) in [5.41, 5.74) is 5.86. The molecule has 1 heterocycles. The van der Waals surface area contributed by atoms with Crippen LogP contribution in [0.15, 0.2) is 97.3 Å². The van der Waals surface area contributed by atoms with Gasteiger partial charge in [-0.3, -0.25) is 0 Å². The molecular formula is C25H23N. The van der Waals surface area contributed by atoms with E-state index in [4.69, 9.17) is 2.74 Å². The molecule has 0 bridgehead atoms. The third-order valence-electron chi connectivity index (χ3n) is 4.47. The minimum absolute atomic E-state index is 0.528. The number of benzene rings is 3. The van der Waals surface area contributed by atoms with Crippen LogP contribution in [0.5, 0.6) is 0 Å². The highest BCUT2D eigenvalue weighted by Gasteiger charge is 2.10. The maximum absolute atomic E-state index is 8.86. The van der Waals surface area contributed by atoms with Gasteiger partial charge in [0, 0.05) is 20.8 Å². The quantitative estimate of drug-likeness (QED) is 0.422. The lowest BCUT2D eigenvalue weighted by Gasteiger charge is -2.04. The van der Waals surface area contributed by atoms with E-state index in [0.717, 1.165) is 27.9 Å². The van der Waals surface area contributed by atoms with Crippen LogP contribution in [0.2, 0.25) is 0 Å². The van der Waals surface area contributed by atoms with Crippen molar-refractivity contribution in [2.45, 2.75) is 19.7 Å². The SMILES string of the molecule is [2H]C(c1ccccc1)c1cn(-c2ccc(C)cc2)cc1C([2H])c1ccccc1. The highest BCUT2D eigenvalue weighted by Crippen LogP contribution is 2.22. The molecule has 4 rings (SSSR count). The molecule has 26 heavy (non-hydrogen) atoms. The van der Waals surface area contributed by atoms with Crippen LogP contribution in [0.1, 0.15) is 30.6 Å². The Hall–Kier alpha value is -3.06. The molecule has 0 aliphatic carbocycles. The molecule has 0 aliphatic rings. The van der Waals surface area contributed by atoms with Crippen molar-refractivity contribution in [1.29, 1.82) is 0 Å². The van der Waals surface area contributed by atoms with E-state index >= 15 is 0 Å². The van der Waals surface area contributed by atoms with Crippen LogP contribution in [0.3, 0.4) is 0 Å². The molecule has 0 saturated carbocycles. The largest absolute Gasteiger partial charge is 0.323 e. The molecule has 4 aromatic rings. The van der Waals surface area contributed by atoms with Crippen LogP contribution in [-0.4, -0.2) is 4.57 Å². The second kappa shape index (κ2) is 7.45. The third kappa shape index (κ3) is 3.78. The maximum Gasteiger partial charge on any atom is 0.0449 e.